The van der Waals surface area contributed by atoms with Gasteiger partial charge in [0.2, 0.25) is 0 Å². The average Bonchev–Trinajstić information content (AvgIpc) is 2.36. The summed E-state index contributed by atoms with van der Waals surface area (Å²) in [5, 5.41) is 3.62. The van der Waals surface area contributed by atoms with Crippen LogP contribution in [0.5, 0.6) is 0 Å². The molecule has 1 aromatic heterocycles. The second-order valence-corrected chi connectivity index (χ2v) is 3.58. The molecule has 0 unspecified atom stereocenters. The summed E-state index contributed by atoms with van der Waals surface area (Å²) in [4.78, 5) is 0. The Morgan fingerprint density at radius 1 is 1.70 bits per heavy atom. The van der Waals surface area contributed by atoms with Gasteiger partial charge in [-0.25, -0.2) is 0 Å². The highest BCUT2D eigenvalue weighted by atomic mass is 32.2. The summed E-state index contributed by atoms with van der Waals surface area (Å²) in [6.45, 7) is 0.350. The third kappa shape index (κ3) is 0.598. The average molecular weight is 159 g/mol. The highest BCUT2D eigenvalue weighted by molar-refractivity contribution is 7.88. The van der Waals surface area contributed by atoms with E-state index in [2.05, 4.69) is 9.82 Å². The summed E-state index contributed by atoms with van der Waals surface area (Å²) in [6.07, 6.45) is 1.47. The van der Waals surface area contributed by atoms with Gasteiger partial charge in [-0.3, -0.25) is 0 Å². The summed E-state index contributed by atoms with van der Waals surface area (Å²) in [5.74, 6) is 0. The Morgan fingerprint density at radius 3 is 3.20 bits per heavy atom. The second kappa shape index (κ2) is 1.58. The molecule has 1 aliphatic rings. The Balaban J connectivity index is 2.76. The van der Waals surface area contributed by atoms with E-state index in [-0.39, 0.29) is 0 Å². The normalized spacial score (nSPS) is 20.8. The standard InChI is InChI=1S/C4H5N3O2S/c8-10(9)6-3-4-1-2-5-7(4)10/h1-2,6H,3H2. The number of nitrogens with zero attached hydrogens (tertiary/aromatic N) is 2. The van der Waals surface area contributed by atoms with Gasteiger partial charge in [0.05, 0.1) is 18.4 Å². The van der Waals surface area contributed by atoms with Crippen LogP contribution in [0.15, 0.2) is 12.3 Å². The maximum Gasteiger partial charge on any atom is 0.321 e. The van der Waals surface area contributed by atoms with Crippen LogP contribution in [0.4, 0.5) is 0 Å². The summed E-state index contributed by atoms with van der Waals surface area (Å²) in [6, 6.07) is 1.66. The molecule has 0 amide bonds. The van der Waals surface area contributed by atoms with Crippen molar-refractivity contribution in [3.63, 3.8) is 0 Å². The van der Waals surface area contributed by atoms with Gasteiger partial charge in [-0.2, -0.15) is 18.2 Å². The summed E-state index contributed by atoms with van der Waals surface area (Å²) < 4.78 is 25.1. The van der Waals surface area contributed by atoms with E-state index in [1.54, 1.807) is 6.07 Å². The van der Waals surface area contributed by atoms with E-state index in [0.717, 1.165) is 4.09 Å². The Morgan fingerprint density at radius 2 is 2.50 bits per heavy atom. The smallest absolute Gasteiger partial charge is 0.190 e. The number of aromatic nitrogens is 2. The van der Waals surface area contributed by atoms with Crippen molar-refractivity contribution in [3.05, 3.63) is 18.0 Å². The van der Waals surface area contributed by atoms with E-state index in [0.29, 0.717) is 12.2 Å². The third-order valence-electron chi connectivity index (χ3n) is 1.35. The number of hydrogen-bond donors (Lipinski definition) is 1. The first-order valence-corrected chi connectivity index (χ1v) is 4.17. The molecule has 0 bridgehead atoms. The predicted octanol–water partition coefficient (Wildman–Crippen LogP) is -0.921. The van der Waals surface area contributed by atoms with Crippen molar-refractivity contribution < 1.29 is 8.42 Å². The SMILES string of the molecule is O=S1(=O)NCc2ccnn21. The first-order chi connectivity index (χ1) is 4.70. The fourth-order valence-corrected chi connectivity index (χ4v) is 1.95. The van der Waals surface area contributed by atoms with Crippen LogP contribution >= 0.6 is 0 Å². The molecule has 0 fully saturated rings. The number of fused-ring (bicyclic) bond motifs is 1. The molecule has 10 heavy (non-hydrogen) atoms. The van der Waals surface area contributed by atoms with Gasteiger partial charge >= 0.3 is 10.2 Å². The first-order valence-electron chi connectivity index (χ1n) is 2.73. The molecule has 0 atom stereocenters. The zero-order valence-electron chi connectivity index (χ0n) is 4.98. The fourth-order valence-electron chi connectivity index (χ4n) is 0.887. The molecule has 0 saturated carbocycles. The number of hydrogen-bond acceptors (Lipinski definition) is 3. The zero-order chi connectivity index (χ0) is 7.19. The van der Waals surface area contributed by atoms with E-state index in [1.807, 2.05) is 0 Å². The van der Waals surface area contributed by atoms with Crippen LogP contribution in [0.25, 0.3) is 0 Å². The van der Waals surface area contributed by atoms with Crippen molar-refractivity contribution in [1.82, 2.24) is 13.9 Å². The maximum absolute atomic E-state index is 10.9. The lowest BCUT2D eigenvalue weighted by Crippen LogP contribution is -2.20. The molecule has 2 heterocycles. The molecule has 1 N–H and O–H groups in total. The van der Waals surface area contributed by atoms with Crippen LogP contribution in [0, 0.1) is 0 Å². The van der Waals surface area contributed by atoms with Crippen molar-refractivity contribution in [2.24, 2.45) is 0 Å². The largest absolute Gasteiger partial charge is 0.321 e. The molecular weight excluding hydrogens is 154 g/mol. The molecule has 0 saturated heterocycles. The lowest BCUT2D eigenvalue weighted by molar-refractivity contribution is 0.577. The van der Waals surface area contributed by atoms with Gasteiger partial charge in [0.1, 0.15) is 0 Å². The minimum atomic E-state index is -3.31. The molecule has 1 aliphatic heterocycles. The van der Waals surface area contributed by atoms with Gasteiger partial charge in [0.15, 0.2) is 0 Å². The second-order valence-electron chi connectivity index (χ2n) is 1.99. The lowest BCUT2D eigenvalue weighted by atomic mass is 10.5. The lowest BCUT2D eigenvalue weighted by Gasteiger charge is -1.91. The highest BCUT2D eigenvalue weighted by Crippen LogP contribution is 2.08. The van der Waals surface area contributed by atoms with E-state index >= 15 is 0 Å². The van der Waals surface area contributed by atoms with Gasteiger partial charge in [-0.1, -0.05) is 0 Å². The van der Waals surface area contributed by atoms with Crippen molar-refractivity contribution >= 4 is 10.2 Å². The Hall–Kier alpha value is -0.880. The van der Waals surface area contributed by atoms with Crippen LogP contribution in [-0.2, 0) is 16.8 Å². The van der Waals surface area contributed by atoms with Gasteiger partial charge < -0.3 is 0 Å². The molecule has 0 radical (unpaired) electrons. The molecule has 1 aromatic rings. The molecule has 0 aliphatic carbocycles. The quantitative estimate of drug-likeness (QED) is 0.532. The van der Waals surface area contributed by atoms with Crippen LogP contribution in [0.1, 0.15) is 5.69 Å². The molecule has 2 rings (SSSR count). The Kier molecular flexibility index (Phi) is 0.930. The van der Waals surface area contributed by atoms with Gasteiger partial charge in [0, 0.05) is 0 Å². The number of nitrogens with one attached hydrogen (secondary N) is 1. The molecule has 6 heteroatoms. The minimum Gasteiger partial charge on any atom is -0.190 e. The summed E-state index contributed by atoms with van der Waals surface area (Å²) in [5.41, 5.74) is 0.681. The Labute approximate surface area is 57.8 Å². The van der Waals surface area contributed by atoms with Crippen LogP contribution in [-0.4, -0.2) is 17.6 Å². The van der Waals surface area contributed by atoms with E-state index in [9.17, 15) is 8.42 Å². The monoisotopic (exact) mass is 159 g/mol. The van der Waals surface area contributed by atoms with E-state index in [1.165, 1.54) is 6.20 Å². The van der Waals surface area contributed by atoms with E-state index in [4.69, 9.17) is 0 Å². The molecule has 0 spiro atoms. The molecule has 54 valence electrons. The molecule has 0 aromatic carbocycles. The zero-order valence-corrected chi connectivity index (χ0v) is 5.80. The first kappa shape index (κ1) is 5.87. The summed E-state index contributed by atoms with van der Waals surface area (Å²) >= 11 is 0. The van der Waals surface area contributed by atoms with Crippen LogP contribution in [0.2, 0.25) is 0 Å². The van der Waals surface area contributed by atoms with Gasteiger partial charge in [0.25, 0.3) is 0 Å². The van der Waals surface area contributed by atoms with Crippen LogP contribution in [0.3, 0.4) is 0 Å². The minimum absolute atomic E-state index is 0.350. The van der Waals surface area contributed by atoms with Gasteiger partial charge in [-0.15, -0.1) is 4.09 Å². The van der Waals surface area contributed by atoms with Crippen molar-refractivity contribution in [1.29, 1.82) is 0 Å². The highest BCUT2D eigenvalue weighted by Gasteiger charge is 2.23. The fraction of sp³-hybridized carbons (Fsp3) is 0.250. The Bertz CT molecular complexity index is 352. The molecular formula is C4H5N3O2S. The van der Waals surface area contributed by atoms with Crippen molar-refractivity contribution in [3.8, 4) is 0 Å². The van der Waals surface area contributed by atoms with Gasteiger partial charge in [-0.05, 0) is 6.07 Å². The topological polar surface area (TPSA) is 64.0 Å². The molecule has 5 nitrogen and oxygen atoms in total. The van der Waals surface area contributed by atoms with Crippen LogP contribution < -0.4 is 4.72 Å². The summed E-state index contributed by atoms with van der Waals surface area (Å²) in [7, 11) is -3.31. The van der Waals surface area contributed by atoms with Crippen molar-refractivity contribution in [2.45, 2.75) is 6.54 Å². The van der Waals surface area contributed by atoms with Crippen molar-refractivity contribution in [2.75, 3.05) is 0 Å². The number of rotatable bonds is 0. The predicted molar refractivity (Wildman–Crippen MR) is 33.4 cm³/mol. The maximum atomic E-state index is 10.9. The third-order valence-corrected chi connectivity index (χ3v) is 2.64. The van der Waals surface area contributed by atoms with E-state index < -0.39 is 10.2 Å².